The number of halogens is 3. The molecule has 0 bridgehead atoms. The van der Waals surface area contributed by atoms with Crippen LogP contribution in [0.5, 0.6) is 0 Å². The number of hydrogen-bond acceptors (Lipinski definition) is 1. The first kappa shape index (κ1) is 16.3. The standard InChI is InChI=1S/C17H24F3N/c1-2-7-16(21-10-4-3-5-11-21)13-14-8-6-9-15(12-14)17(18,19)20/h6,8-9,12,16H,2-5,7,10-11,13H2,1H3. The van der Waals surface area contributed by atoms with E-state index in [1.165, 1.54) is 31.4 Å². The zero-order valence-electron chi connectivity index (χ0n) is 12.6. The van der Waals surface area contributed by atoms with Crippen molar-refractivity contribution in [1.29, 1.82) is 0 Å². The minimum Gasteiger partial charge on any atom is -0.300 e. The van der Waals surface area contributed by atoms with Crippen LogP contribution in [-0.4, -0.2) is 24.0 Å². The summed E-state index contributed by atoms with van der Waals surface area (Å²) in [5.41, 5.74) is 0.266. The Morgan fingerprint density at radius 1 is 1.14 bits per heavy atom. The molecule has 1 saturated heterocycles. The predicted octanol–water partition coefficient (Wildman–Crippen LogP) is 4.90. The van der Waals surface area contributed by atoms with Gasteiger partial charge in [-0.2, -0.15) is 13.2 Å². The minimum absolute atomic E-state index is 0.374. The van der Waals surface area contributed by atoms with Gasteiger partial charge in [-0.1, -0.05) is 38.0 Å². The van der Waals surface area contributed by atoms with Gasteiger partial charge in [0.2, 0.25) is 0 Å². The zero-order chi connectivity index (χ0) is 15.3. The van der Waals surface area contributed by atoms with Gasteiger partial charge in [0.1, 0.15) is 0 Å². The molecule has 1 unspecified atom stereocenters. The van der Waals surface area contributed by atoms with Gasteiger partial charge in [-0.25, -0.2) is 0 Å². The molecule has 118 valence electrons. The summed E-state index contributed by atoms with van der Waals surface area (Å²) in [7, 11) is 0. The van der Waals surface area contributed by atoms with Crippen LogP contribution in [0.2, 0.25) is 0 Å². The lowest BCUT2D eigenvalue weighted by molar-refractivity contribution is -0.137. The van der Waals surface area contributed by atoms with E-state index in [0.29, 0.717) is 6.04 Å². The van der Waals surface area contributed by atoms with Crippen molar-refractivity contribution in [1.82, 2.24) is 4.90 Å². The van der Waals surface area contributed by atoms with Crippen molar-refractivity contribution in [3.05, 3.63) is 35.4 Å². The second kappa shape index (κ2) is 7.30. The highest BCUT2D eigenvalue weighted by Gasteiger charge is 2.30. The van der Waals surface area contributed by atoms with Crippen molar-refractivity contribution >= 4 is 0 Å². The largest absolute Gasteiger partial charge is 0.416 e. The van der Waals surface area contributed by atoms with Crippen LogP contribution in [0.3, 0.4) is 0 Å². The third kappa shape index (κ3) is 4.73. The Morgan fingerprint density at radius 2 is 1.86 bits per heavy atom. The Labute approximate surface area is 125 Å². The maximum Gasteiger partial charge on any atom is 0.416 e. The van der Waals surface area contributed by atoms with E-state index >= 15 is 0 Å². The van der Waals surface area contributed by atoms with Crippen molar-refractivity contribution in [3.8, 4) is 0 Å². The molecule has 1 heterocycles. The van der Waals surface area contributed by atoms with Crippen LogP contribution in [0, 0.1) is 0 Å². The summed E-state index contributed by atoms with van der Waals surface area (Å²) in [6, 6.07) is 6.18. The lowest BCUT2D eigenvalue weighted by Gasteiger charge is -2.34. The topological polar surface area (TPSA) is 3.24 Å². The summed E-state index contributed by atoms with van der Waals surface area (Å²) in [5.74, 6) is 0. The maximum absolute atomic E-state index is 12.8. The summed E-state index contributed by atoms with van der Waals surface area (Å²) in [5, 5.41) is 0. The summed E-state index contributed by atoms with van der Waals surface area (Å²) < 4.78 is 38.4. The van der Waals surface area contributed by atoms with E-state index in [4.69, 9.17) is 0 Å². The zero-order valence-corrected chi connectivity index (χ0v) is 12.6. The first-order valence-electron chi connectivity index (χ1n) is 7.91. The van der Waals surface area contributed by atoms with Crippen LogP contribution in [-0.2, 0) is 12.6 Å². The third-order valence-electron chi connectivity index (χ3n) is 4.25. The molecule has 0 saturated carbocycles. The molecule has 0 spiro atoms. The Bertz CT molecular complexity index is 436. The van der Waals surface area contributed by atoms with Gasteiger partial charge in [0.15, 0.2) is 0 Å². The second-order valence-electron chi connectivity index (χ2n) is 5.94. The molecule has 0 N–H and O–H groups in total. The van der Waals surface area contributed by atoms with E-state index in [0.717, 1.165) is 44.0 Å². The molecular weight excluding hydrogens is 275 g/mol. The number of hydrogen-bond donors (Lipinski definition) is 0. The first-order valence-corrected chi connectivity index (χ1v) is 7.91. The number of piperidine rings is 1. The van der Waals surface area contributed by atoms with Gasteiger partial charge in [0, 0.05) is 6.04 Å². The van der Waals surface area contributed by atoms with Crippen LogP contribution in [0.15, 0.2) is 24.3 Å². The summed E-state index contributed by atoms with van der Waals surface area (Å²) >= 11 is 0. The van der Waals surface area contributed by atoms with Crippen LogP contribution in [0.1, 0.15) is 50.2 Å². The molecule has 4 heteroatoms. The Balaban J connectivity index is 2.09. The molecule has 1 nitrogen and oxygen atoms in total. The van der Waals surface area contributed by atoms with Crippen LogP contribution < -0.4 is 0 Å². The van der Waals surface area contributed by atoms with Crippen molar-refractivity contribution < 1.29 is 13.2 Å². The number of rotatable bonds is 5. The smallest absolute Gasteiger partial charge is 0.300 e. The fourth-order valence-corrected chi connectivity index (χ4v) is 3.18. The van der Waals surface area contributed by atoms with E-state index in [9.17, 15) is 13.2 Å². The van der Waals surface area contributed by atoms with Crippen molar-refractivity contribution in [3.63, 3.8) is 0 Å². The molecule has 1 aliphatic rings. The molecule has 0 radical (unpaired) electrons. The normalized spacial score (nSPS) is 18.7. The van der Waals surface area contributed by atoms with Gasteiger partial charge in [0.05, 0.1) is 5.56 Å². The van der Waals surface area contributed by atoms with E-state index < -0.39 is 11.7 Å². The Morgan fingerprint density at radius 3 is 2.48 bits per heavy atom. The fourth-order valence-electron chi connectivity index (χ4n) is 3.18. The molecule has 0 aromatic heterocycles. The predicted molar refractivity (Wildman–Crippen MR) is 79.3 cm³/mol. The number of likely N-dealkylation sites (tertiary alicyclic amines) is 1. The summed E-state index contributed by atoms with van der Waals surface area (Å²) in [6.45, 7) is 4.32. The lowest BCUT2D eigenvalue weighted by Crippen LogP contribution is -2.40. The van der Waals surface area contributed by atoms with E-state index in [-0.39, 0.29) is 0 Å². The van der Waals surface area contributed by atoms with Gasteiger partial charge >= 0.3 is 6.18 Å². The molecular formula is C17H24F3N. The molecule has 1 aromatic rings. The van der Waals surface area contributed by atoms with Gasteiger partial charge in [0.25, 0.3) is 0 Å². The first-order chi connectivity index (χ1) is 10.0. The van der Waals surface area contributed by atoms with Crippen molar-refractivity contribution in [2.45, 2.75) is 57.7 Å². The third-order valence-corrected chi connectivity index (χ3v) is 4.25. The molecule has 21 heavy (non-hydrogen) atoms. The van der Waals surface area contributed by atoms with Gasteiger partial charge in [-0.15, -0.1) is 0 Å². The van der Waals surface area contributed by atoms with Crippen LogP contribution in [0.25, 0.3) is 0 Å². The SMILES string of the molecule is CCCC(Cc1cccc(C(F)(F)F)c1)N1CCCCC1. The van der Waals surface area contributed by atoms with E-state index in [1.54, 1.807) is 0 Å². The Hall–Kier alpha value is -1.03. The summed E-state index contributed by atoms with van der Waals surface area (Å²) in [6.07, 6.45) is 2.29. The number of nitrogens with zero attached hydrogens (tertiary/aromatic N) is 1. The summed E-state index contributed by atoms with van der Waals surface area (Å²) in [4.78, 5) is 2.47. The van der Waals surface area contributed by atoms with Crippen LogP contribution >= 0.6 is 0 Å². The highest BCUT2D eigenvalue weighted by atomic mass is 19.4. The number of benzene rings is 1. The maximum atomic E-state index is 12.8. The monoisotopic (exact) mass is 299 g/mol. The molecule has 2 rings (SSSR count). The molecule has 1 aromatic carbocycles. The second-order valence-corrected chi connectivity index (χ2v) is 5.94. The highest BCUT2D eigenvalue weighted by Crippen LogP contribution is 2.30. The molecule has 0 aliphatic carbocycles. The lowest BCUT2D eigenvalue weighted by atomic mass is 9.97. The quantitative estimate of drug-likeness (QED) is 0.747. The van der Waals surface area contributed by atoms with E-state index in [1.807, 2.05) is 6.07 Å². The molecule has 1 aliphatic heterocycles. The molecule has 0 amide bonds. The minimum atomic E-state index is -4.25. The molecule has 1 fully saturated rings. The average Bonchev–Trinajstić information content (AvgIpc) is 2.47. The fraction of sp³-hybridized carbons (Fsp3) is 0.647. The molecule has 1 atom stereocenters. The number of alkyl halides is 3. The average molecular weight is 299 g/mol. The van der Waals surface area contributed by atoms with Crippen LogP contribution in [0.4, 0.5) is 13.2 Å². The van der Waals surface area contributed by atoms with Crippen molar-refractivity contribution in [2.24, 2.45) is 0 Å². The van der Waals surface area contributed by atoms with Gasteiger partial charge in [-0.05, 0) is 50.4 Å². The van der Waals surface area contributed by atoms with E-state index in [2.05, 4.69) is 11.8 Å². The van der Waals surface area contributed by atoms with Gasteiger partial charge < -0.3 is 4.90 Å². The van der Waals surface area contributed by atoms with Gasteiger partial charge in [-0.3, -0.25) is 0 Å². The van der Waals surface area contributed by atoms with Crippen molar-refractivity contribution in [2.75, 3.05) is 13.1 Å². The Kier molecular flexibility index (Phi) is 5.68. The highest BCUT2D eigenvalue weighted by molar-refractivity contribution is 5.26.